The van der Waals surface area contributed by atoms with Gasteiger partial charge in [-0.2, -0.15) is 0 Å². The molecule has 8 heteroatoms. The van der Waals surface area contributed by atoms with Gasteiger partial charge in [0.05, 0.1) is 12.0 Å². The molecular weight excluding hydrogens is 360 g/mol. The number of nitro groups is 1. The Bertz CT molecular complexity index is 821. The fourth-order valence-corrected chi connectivity index (χ4v) is 2.47. The number of nitrogens with zero attached hydrogens (tertiary/aromatic N) is 1. The Hall–Kier alpha value is -2.93. The molecule has 1 amide bonds. The van der Waals surface area contributed by atoms with Crippen LogP contribution in [0.15, 0.2) is 42.5 Å². The summed E-state index contributed by atoms with van der Waals surface area (Å²) in [7, 11) is 1.58. The highest BCUT2D eigenvalue weighted by Crippen LogP contribution is 2.25. The van der Waals surface area contributed by atoms with Crippen LogP contribution in [-0.4, -0.2) is 30.3 Å². The standard InChI is InChI=1S/C18H17ClN2O5/c1-26-14-5-2-12(3-6-14)8-9-20-18(23)17(22)11-13-4-7-15(19)16(10-13)21(24)25/h2-7,10H,8-9,11H2,1H3,(H,20,23). The number of nitro benzene ring substituents is 1. The molecule has 0 heterocycles. The number of halogens is 1. The third-order valence-corrected chi connectivity index (χ3v) is 4.00. The first-order valence-electron chi connectivity index (χ1n) is 7.77. The average Bonchev–Trinajstić information content (AvgIpc) is 2.63. The minimum absolute atomic E-state index is 0.0184. The molecular formula is C18H17ClN2O5. The number of methoxy groups -OCH3 is 1. The maximum atomic E-state index is 12.0. The minimum atomic E-state index is -0.726. The van der Waals surface area contributed by atoms with Gasteiger partial charge in [0.2, 0.25) is 5.78 Å². The Morgan fingerprint density at radius 2 is 1.81 bits per heavy atom. The van der Waals surface area contributed by atoms with E-state index in [4.69, 9.17) is 16.3 Å². The van der Waals surface area contributed by atoms with Crippen molar-refractivity contribution in [3.63, 3.8) is 0 Å². The van der Waals surface area contributed by atoms with Crippen molar-refractivity contribution in [3.05, 3.63) is 68.7 Å². The van der Waals surface area contributed by atoms with Gasteiger partial charge < -0.3 is 10.1 Å². The monoisotopic (exact) mass is 376 g/mol. The van der Waals surface area contributed by atoms with E-state index in [0.717, 1.165) is 11.3 Å². The van der Waals surface area contributed by atoms with Gasteiger partial charge in [0.25, 0.3) is 11.6 Å². The molecule has 2 rings (SSSR count). The van der Waals surface area contributed by atoms with Gasteiger partial charge in [-0.05, 0) is 35.7 Å². The largest absolute Gasteiger partial charge is 0.497 e. The van der Waals surface area contributed by atoms with E-state index < -0.39 is 16.6 Å². The van der Waals surface area contributed by atoms with Crippen LogP contribution in [-0.2, 0) is 22.4 Å². The highest BCUT2D eigenvalue weighted by molar-refractivity contribution is 6.36. The summed E-state index contributed by atoms with van der Waals surface area (Å²) in [6, 6.07) is 11.4. The molecule has 26 heavy (non-hydrogen) atoms. The van der Waals surface area contributed by atoms with E-state index in [1.54, 1.807) is 7.11 Å². The van der Waals surface area contributed by atoms with Gasteiger partial charge in [-0.1, -0.05) is 29.8 Å². The molecule has 0 atom stereocenters. The number of rotatable bonds is 8. The van der Waals surface area contributed by atoms with Gasteiger partial charge in [-0.15, -0.1) is 0 Å². The number of ketones is 1. The lowest BCUT2D eigenvalue weighted by Crippen LogP contribution is -2.33. The molecule has 2 aromatic carbocycles. The summed E-state index contributed by atoms with van der Waals surface area (Å²) in [6.07, 6.45) is 0.335. The van der Waals surface area contributed by atoms with Crippen molar-refractivity contribution in [2.24, 2.45) is 0 Å². The van der Waals surface area contributed by atoms with Crippen molar-refractivity contribution in [1.82, 2.24) is 5.32 Å². The topological polar surface area (TPSA) is 98.5 Å². The SMILES string of the molecule is COc1ccc(CCNC(=O)C(=O)Cc2ccc(Cl)c([N+](=O)[O-])c2)cc1. The number of hydrogen-bond acceptors (Lipinski definition) is 5. The summed E-state index contributed by atoms with van der Waals surface area (Å²) in [5, 5.41) is 13.4. The number of ether oxygens (including phenoxy) is 1. The maximum absolute atomic E-state index is 12.0. The normalized spacial score (nSPS) is 10.2. The Labute approximate surface area is 155 Å². The quantitative estimate of drug-likeness (QED) is 0.434. The van der Waals surface area contributed by atoms with Crippen LogP contribution in [0.25, 0.3) is 0 Å². The van der Waals surface area contributed by atoms with Crippen LogP contribution in [0.5, 0.6) is 5.75 Å². The molecule has 0 saturated carbocycles. The van der Waals surface area contributed by atoms with E-state index in [1.807, 2.05) is 24.3 Å². The molecule has 0 unspecified atom stereocenters. The lowest BCUT2D eigenvalue weighted by Gasteiger charge is -2.06. The van der Waals surface area contributed by atoms with Crippen molar-refractivity contribution in [2.75, 3.05) is 13.7 Å². The molecule has 0 aromatic heterocycles. The highest BCUT2D eigenvalue weighted by Gasteiger charge is 2.17. The zero-order valence-electron chi connectivity index (χ0n) is 14.0. The minimum Gasteiger partial charge on any atom is -0.497 e. The Morgan fingerprint density at radius 1 is 1.15 bits per heavy atom. The van der Waals surface area contributed by atoms with Crippen molar-refractivity contribution in [1.29, 1.82) is 0 Å². The van der Waals surface area contributed by atoms with Gasteiger partial charge >= 0.3 is 0 Å². The van der Waals surface area contributed by atoms with E-state index in [9.17, 15) is 19.7 Å². The van der Waals surface area contributed by atoms with Crippen molar-refractivity contribution in [3.8, 4) is 5.75 Å². The third kappa shape index (κ3) is 5.29. The van der Waals surface area contributed by atoms with Crippen molar-refractivity contribution >= 4 is 29.0 Å². The molecule has 0 spiro atoms. The average molecular weight is 377 g/mol. The van der Waals surface area contributed by atoms with E-state index in [0.29, 0.717) is 18.5 Å². The third-order valence-electron chi connectivity index (χ3n) is 3.68. The highest BCUT2D eigenvalue weighted by atomic mass is 35.5. The first-order chi connectivity index (χ1) is 12.4. The smallest absolute Gasteiger partial charge is 0.288 e. The number of hydrogen-bond donors (Lipinski definition) is 1. The molecule has 136 valence electrons. The number of amides is 1. The van der Waals surface area contributed by atoms with Crippen LogP contribution >= 0.6 is 11.6 Å². The summed E-state index contributed by atoms with van der Waals surface area (Å²) in [5.41, 5.74) is 1.06. The lowest BCUT2D eigenvalue weighted by molar-refractivity contribution is -0.384. The van der Waals surface area contributed by atoms with E-state index in [2.05, 4.69) is 5.32 Å². The summed E-state index contributed by atoms with van der Waals surface area (Å²) in [5.74, 6) is -0.655. The molecule has 0 radical (unpaired) electrons. The first-order valence-corrected chi connectivity index (χ1v) is 8.15. The van der Waals surface area contributed by atoms with E-state index in [1.165, 1.54) is 18.2 Å². The van der Waals surface area contributed by atoms with Crippen LogP contribution in [0, 0.1) is 10.1 Å². The van der Waals surface area contributed by atoms with Gasteiger partial charge in [-0.3, -0.25) is 19.7 Å². The van der Waals surface area contributed by atoms with Crippen LogP contribution in [0.2, 0.25) is 5.02 Å². The fourth-order valence-electron chi connectivity index (χ4n) is 2.28. The predicted molar refractivity (Wildman–Crippen MR) is 96.5 cm³/mol. The van der Waals surface area contributed by atoms with Crippen molar-refractivity contribution in [2.45, 2.75) is 12.8 Å². The second-order valence-corrected chi connectivity index (χ2v) is 5.90. The number of Topliss-reactive ketones (excluding diaryl/α,β-unsaturated/α-hetero) is 1. The van der Waals surface area contributed by atoms with E-state index >= 15 is 0 Å². The molecule has 7 nitrogen and oxygen atoms in total. The van der Waals surface area contributed by atoms with Gasteiger partial charge in [-0.25, -0.2) is 0 Å². The Kier molecular flexibility index (Phi) is 6.68. The number of benzene rings is 2. The van der Waals surface area contributed by atoms with Crippen LogP contribution in [0.1, 0.15) is 11.1 Å². The molecule has 0 saturated heterocycles. The first kappa shape index (κ1) is 19.4. The lowest BCUT2D eigenvalue weighted by atomic mass is 10.1. The molecule has 0 aliphatic heterocycles. The number of carbonyl (C=O) groups is 2. The number of nitrogens with one attached hydrogen (secondary N) is 1. The molecule has 2 aromatic rings. The van der Waals surface area contributed by atoms with Crippen LogP contribution in [0.4, 0.5) is 5.69 Å². The Morgan fingerprint density at radius 3 is 2.42 bits per heavy atom. The van der Waals surface area contributed by atoms with Gasteiger partial charge in [0.15, 0.2) is 0 Å². The van der Waals surface area contributed by atoms with Gasteiger partial charge in [0, 0.05) is 19.0 Å². The van der Waals surface area contributed by atoms with Crippen LogP contribution < -0.4 is 10.1 Å². The molecule has 0 bridgehead atoms. The summed E-state index contributed by atoms with van der Waals surface area (Å²) < 4.78 is 5.07. The zero-order valence-corrected chi connectivity index (χ0v) is 14.8. The number of carbonyl (C=O) groups excluding carboxylic acids is 2. The molecule has 0 aliphatic carbocycles. The predicted octanol–water partition coefficient (Wildman–Crippen LogP) is 2.73. The van der Waals surface area contributed by atoms with Crippen molar-refractivity contribution < 1.29 is 19.2 Å². The molecule has 0 fully saturated rings. The second-order valence-electron chi connectivity index (χ2n) is 5.50. The Balaban J connectivity index is 1.86. The van der Waals surface area contributed by atoms with Gasteiger partial charge in [0.1, 0.15) is 10.8 Å². The fraction of sp³-hybridized carbons (Fsp3) is 0.222. The second kappa shape index (κ2) is 8.96. The molecule has 1 N–H and O–H groups in total. The molecule has 0 aliphatic rings. The maximum Gasteiger partial charge on any atom is 0.288 e. The van der Waals surface area contributed by atoms with Crippen LogP contribution in [0.3, 0.4) is 0 Å². The van der Waals surface area contributed by atoms with E-state index in [-0.39, 0.29) is 17.1 Å². The summed E-state index contributed by atoms with van der Waals surface area (Å²) in [6.45, 7) is 0.303. The zero-order chi connectivity index (χ0) is 19.1. The summed E-state index contributed by atoms with van der Waals surface area (Å²) >= 11 is 5.72. The summed E-state index contributed by atoms with van der Waals surface area (Å²) in [4.78, 5) is 34.1.